The minimum absolute atomic E-state index is 0.127. The molecule has 1 heterocycles. The summed E-state index contributed by atoms with van der Waals surface area (Å²) in [5.41, 5.74) is 3.30. The second kappa shape index (κ2) is 11.0. The van der Waals surface area contributed by atoms with Crippen LogP contribution in [0, 0.1) is 5.82 Å². The van der Waals surface area contributed by atoms with Gasteiger partial charge in [0.2, 0.25) is 0 Å². The van der Waals surface area contributed by atoms with Crippen molar-refractivity contribution in [2.45, 2.75) is 32.7 Å². The summed E-state index contributed by atoms with van der Waals surface area (Å²) in [5.74, 6) is 0.0789. The third-order valence-electron chi connectivity index (χ3n) is 5.92. The zero-order valence-electron chi connectivity index (χ0n) is 20.0. The third-order valence-corrected chi connectivity index (χ3v) is 5.92. The molecule has 4 aromatic rings. The van der Waals surface area contributed by atoms with Gasteiger partial charge in [-0.1, -0.05) is 56.3 Å². The lowest BCUT2D eigenvalue weighted by molar-refractivity contribution is -0.123. The molecule has 0 aliphatic rings. The van der Waals surface area contributed by atoms with E-state index >= 15 is 0 Å². The van der Waals surface area contributed by atoms with Crippen LogP contribution in [-0.2, 0) is 17.8 Å². The molecule has 0 radical (unpaired) electrons. The lowest BCUT2D eigenvalue weighted by atomic mass is 9.98. The standard InChI is InChI=1S/C29H29FN2O3/c1-20(2)26-17-29(34)32(18-22-9-6-10-23(30)15-22)27-16-24(11-12-25(26)27)35-19-28(33)31-14-13-21-7-4-3-5-8-21/h3-12,15-17,20H,13-14,18-19H2,1-2H3,(H,31,33). The van der Waals surface area contributed by atoms with Crippen molar-refractivity contribution in [3.05, 3.63) is 112 Å². The first-order valence-electron chi connectivity index (χ1n) is 11.8. The second-order valence-corrected chi connectivity index (χ2v) is 8.86. The first kappa shape index (κ1) is 24.2. The molecule has 0 spiro atoms. The van der Waals surface area contributed by atoms with Gasteiger partial charge in [0.25, 0.3) is 11.5 Å². The van der Waals surface area contributed by atoms with Crippen molar-refractivity contribution in [1.82, 2.24) is 9.88 Å². The van der Waals surface area contributed by atoms with Crippen LogP contribution in [0.4, 0.5) is 4.39 Å². The molecule has 35 heavy (non-hydrogen) atoms. The van der Waals surface area contributed by atoms with Crippen LogP contribution in [0.2, 0.25) is 0 Å². The van der Waals surface area contributed by atoms with E-state index < -0.39 is 0 Å². The fourth-order valence-corrected chi connectivity index (χ4v) is 4.13. The van der Waals surface area contributed by atoms with E-state index in [0.717, 1.165) is 22.9 Å². The van der Waals surface area contributed by atoms with Crippen LogP contribution in [0.25, 0.3) is 10.9 Å². The number of rotatable bonds is 9. The van der Waals surface area contributed by atoms with E-state index in [2.05, 4.69) is 5.32 Å². The van der Waals surface area contributed by atoms with Crippen molar-refractivity contribution < 1.29 is 13.9 Å². The van der Waals surface area contributed by atoms with Crippen LogP contribution in [-0.4, -0.2) is 23.6 Å². The highest BCUT2D eigenvalue weighted by Gasteiger charge is 2.14. The number of hydrogen-bond donors (Lipinski definition) is 1. The van der Waals surface area contributed by atoms with Gasteiger partial charge in [0.1, 0.15) is 11.6 Å². The molecule has 6 heteroatoms. The Morgan fingerprint density at radius 2 is 1.74 bits per heavy atom. The molecule has 0 saturated heterocycles. The van der Waals surface area contributed by atoms with Gasteiger partial charge < -0.3 is 14.6 Å². The number of pyridine rings is 1. The molecule has 0 bridgehead atoms. The van der Waals surface area contributed by atoms with Gasteiger partial charge in [-0.15, -0.1) is 0 Å². The van der Waals surface area contributed by atoms with Crippen LogP contribution < -0.4 is 15.6 Å². The molecule has 3 aromatic carbocycles. The van der Waals surface area contributed by atoms with Gasteiger partial charge in [0.15, 0.2) is 6.61 Å². The van der Waals surface area contributed by atoms with Crippen molar-refractivity contribution in [2.75, 3.05) is 13.2 Å². The SMILES string of the molecule is CC(C)c1cc(=O)n(Cc2cccc(F)c2)c2cc(OCC(=O)NCCc3ccccc3)ccc12. The topological polar surface area (TPSA) is 60.3 Å². The largest absolute Gasteiger partial charge is 0.484 e. The number of amides is 1. The number of benzene rings is 3. The van der Waals surface area contributed by atoms with Crippen LogP contribution in [0.15, 0.2) is 83.7 Å². The Kier molecular flexibility index (Phi) is 7.60. The number of carbonyl (C=O) groups excluding carboxylic acids is 1. The van der Waals surface area contributed by atoms with Crippen LogP contribution in [0.5, 0.6) is 5.75 Å². The molecular weight excluding hydrogens is 443 g/mol. The first-order valence-corrected chi connectivity index (χ1v) is 11.8. The maximum Gasteiger partial charge on any atom is 0.257 e. The normalized spacial score (nSPS) is 11.1. The lowest BCUT2D eigenvalue weighted by Crippen LogP contribution is -2.30. The number of carbonyl (C=O) groups is 1. The summed E-state index contributed by atoms with van der Waals surface area (Å²) in [6, 6.07) is 23.3. The molecule has 0 saturated carbocycles. The van der Waals surface area contributed by atoms with Crippen LogP contribution >= 0.6 is 0 Å². The van der Waals surface area contributed by atoms with E-state index in [1.165, 1.54) is 12.1 Å². The summed E-state index contributed by atoms with van der Waals surface area (Å²) in [7, 11) is 0. The van der Waals surface area contributed by atoms with Gasteiger partial charge in [-0.25, -0.2) is 4.39 Å². The monoisotopic (exact) mass is 472 g/mol. The van der Waals surface area contributed by atoms with E-state index in [1.54, 1.807) is 28.8 Å². The fourth-order valence-electron chi connectivity index (χ4n) is 4.13. The second-order valence-electron chi connectivity index (χ2n) is 8.86. The molecule has 0 fully saturated rings. The number of aromatic nitrogens is 1. The Bertz CT molecular complexity index is 1380. The van der Waals surface area contributed by atoms with E-state index in [0.29, 0.717) is 23.4 Å². The number of nitrogens with zero attached hydrogens (tertiary/aromatic N) is 1. The average Bonchev–Trinajstić information content (AvgIpc) is 2.85. The molecule has 0 aliphatic carbocycles. The van der Waals surface area contributed by atoms with Crippen molar-refractivity contribution in [3.8, 4) is 5.75 Å². The van der Waals surface area contributed by atoms with E-state index in [1.807, 2.05) is 56.3 Å². The highest BCUT2D eigenvalue weighted by Crippen LogP contribution is 2.27. The van der Waals surface area contributed by atoms with Crippen molar-refractivity contribution >= 4 is 16.8 Å². The molecule has 4 rings (SSSR count). The minimum Gasteiger partial charge on any atom is -0.484 e. The number of hydrogen-bond acceptors (Lipinski definition) is 3. The summed E-state index contributed by atoms with van der Waals surface area (Å²) in [4.78, 5) is 25.3. The summed E-state index contributed by atoms with van der Waals surface area (Å²) in [6.07, 6.45) is 0.743. The average molecular weight is 473 g/mol. The summed E-state index contributed by atoms with van der Waals surface area (Å²) < 4.78 is 21.1. The summed E-state index contributed by atoms with van der Waals surface area (Å²) >= 11 is 0. The van der Waals surface area contributed by atoms with Crippen LogP contribution in [0.3, 0.4) is 0 Å². The zero-order valence-corrected chi connectivity index (χ0v) is 20.0. The van der Waals surface area contributed by atoms with Gasteiger partial charge in [-0.2, -0.15) is 0 Å². The summed E-state index contributed by atoms with van der Waals surface area (Å²) in [5, 5.41) is 3.79. The van der Waals surface area contributed by atoms with E-state index in [9.17, 15) is 14.0 Å². The number of nitrogens with one attached hydrogen (secondary N) is 1. The van der Waals surface area contributed by atoms with Gasteiger partial charge in [0.05, 0.1) is 12.1 Å². The highest BCUT2D eigenvalue weighted by molar-refractivity contribution is 5.85. The Labute approximate surface area is 204 Å². The number of fused-ring (bicyclic) bond motifs is 1. The quantitative estimate of drug-likeness (QED) is 0.371. The van der Waals surface area contributed by atoms with Crippen molar-refractivity contribution in [1.29, 1.82) is 0 Å². The molecular formula is C29H29FN2O3. The molecule has 5 nitrogen and oxygen atoms in total. The third kappa shape index (κ3) is 6.15. The zero-order chi connectivity index (χ0) is 24.8. The molecule has 1 N–H and O–H groups in total. The maximum absolute atomic E-state index is 13.7. The van der Waals surface area contributed by atoms with Crippen molar-refractivity contribution in [3.63, 3.8) is 0 Å². The predicted octanol–water partition coefficient (Wildman–Crippen LogP) is 5.05. The van der Waals surface area contributed by atoms with Gasteiger partial charge in [-0.3, -0.25) is 9.59 Å². The van der Waals surface area contributed by atoms with E-state index in [4.69, 9.17) is 4.74 Å². The van der Waals surface area contributed by atoms with Gasteiger partial charge >= 0.3 is 0 Å². The Morgan fingerprint density at radius 1 is 0.971 bits per heavy atom. The Morgan fingerprint density at radius 3 is 2.49 bits per heavy atom. The van der Waals surface area contributed by atoms with E-state index in [-0.39, 0.29) is 36.4 Å². The summed E-state index contributed by atoms with van der Waals surface area (Å²) in [6.45, 7) is 4.70. The molecule has 0 unspecified atom stereocenters. The van der Waals surface area contributed by atoms with Gasteiger partial charge in [-0.05, 0) is 53.3 Å². The molecule has 1 amide bonds. The maximum atomic E-state index is 13.7. The van der Waals surface area contributed by atoms with Crippen molar-refractivity contribution in [2.24, 2.45) is 0 Å². The molecule has 0 aliphatic heterocycles. The fraction of sp³-hybridized carbons (Fsp3) is 0.241. The van der Waals surface area contributed by atoms with Crippen LogP contribution in [0.1, 0.15) is 36.5 Å². The highest BCUT2D eigenvalue weighted by atomic mass is 19.1. The first-order chi connectivity index (χ1) is 16.9. The number of ether oxygens (including phenoxy) is 1. The molecule has 1 aromatic heterocycles. The number of halogens is 1. The van der Waals surface area contributed by atoms with Gasteiger partial charge in [0, 0.05) is 24.1 Å². The lowest BCUT2D eigenvalue weighted by Gasteiger charge is -2.17. The smallest absolute Gasteiger partial charge is 0.257 e. The predicted molar refractivity (Wildman–Crippen MR) is 136 cm³/mol. The minimum atomic E-state index is -0.346. The molecule has 0 atom stereocenters. The molecule has 180 valence electrons. The Hall–Kier alpha value is -3.93. The Balaban J connectivity index is 1.53.